The van der Waals surface area contributed by atoms with Crippen LogP contribution in [0.4, 0.5) is 0 Å². The van der Waals surface area contributed by atoms with Crippen molar-refractivity contribution in [1.29, 1.82) is 0 Å². The fourth-order valence-electron chi connectivity index (χ4n) is 2.23. The summed E-state index contributed by atoms with van der Waals surface area (Å²) in [5.74, 6) is 0.728. The highest BCUT2D eigenvalue weighted by atomic mass is 127. The van der Waals surface area contributed by atoms with Crippen LogP contribution in [0.15, 0.2) is 4.99 Å². The number of rotatable bonds is 8. The number of nitrogens with one attached hydrogen (secondary N) is 2. The minimum absolute atomic E-state index is 0. The molecule has 1 aliphatic heterocycles. The van der Waals surface area contributed by atoms with Gasteiger partial charge in [-0.15, -0.1) is 24.0 Å². The van der Waals surface area contributed by atoms with Crippen molar-refractivity contribution in [1.82, 2.24) is 15.5 Å². The van der Waals surface area contributed by atoms with Crippen molar-refractivity contribution in [2.45, 2.75) is 51.6 Å². The van der Waals surface area contributed by atoms with Crippen LogP contribution in [0.2, 0.25) is 0 Å². The van der Waals surface area contributed by atoms with Gasteiger partial charge in [-0.3, -0.25) is 4.79 Å². The van der Waals surface area contributed by atoms with E-state index < -0.39 is 0 Å². The van der Waals surface area contributed by atoms with Gasteiger partial charge in [0.05, 0.1) is 6.10 Å². The number of carbonyl (C=O) groups excluding carboxylic acids is 1. The summed E-state index contributed by atoms with van der Waals surface area (Å²) in [5.41, 5.74) is 0. The zero-order valence-electron chi connectivity index (χ0n) is 14.8. The maximum atomic E-state index is 11.6. The Morgan fingerprint density at radius 2 is 2.00 bits per heavy atom. The van der Waals surface area contributed by atoms with Crippen molar-refractivity contribution in [3.63, 3.8) is 0 Å². The molecule has 0 aliphatic carbocycles. The normalized spacial score (nSPS) is 18.0. The number of ether oxygens (including phenoxy) is 1. The van der Waals surface area contributed by atoms with E-state index in [1.807, 2.05) is 0 Å². The largest absolute Gasteiger partial charge is 0.378 e. The highest BCUT2D eigenvalue weighted by molar-refractivity contribution is 14.0. The molecule has 1 atom stereocenters. The van der Waals surface area contributed by atoms with Gasteiger partial charge in [0, 0.05) is 33.8 Å². The second-order valence-electron chi connectivity index (χ2n) is 5.94. The summed E-state index contributed by atoms with van der Waals surface area (Å²) in [6.45, 7) is 4.91. The first kappa shape index (κ1) is 22.4. The number of hydrogen-bond acceptors (Lipinski definition) is 3. The molecule has 1 aliphatic rings. The Hall–Kier alpha value is -0.570. The molecule has 0 aromatic rings. The number of nitrogens with zero attached hydrogens (tertiary/aromatic N) is 2. The molecule has 0 aromatic heterocycles. The van der Waals surface area contributed by atoms with Gasteiger partial charge in [-0.1, -0.05) is 13.3 Å². The number of halogens is 1. The molecule has 7 heteroatoms. The van der Waals surface area contributed by atoms with E-state index >= 15 is 0 Å². The molecule has 2 N–H and O–H groups in total. The molecule has 0 aromatic carbocycles. The van der Waals surface area contributed by atoms with Gasteiger partial charge >= 0.3 is 0 Å². The van der Waals surface area contributed by atoms with E-state index in [4.69, 9.17) is 4.74 Å². The Bertz CT molecular complexity index is 345. The summed E-state index contributed by atoms with van der Waals surface area (Å²) in [6.07, 6.45) is 7.16. The van der Waals surface area contributed by atoms with Crippen molar-refractivity contribution in [2.24, 2.45) is 4.99 Å². The van der Waals surface area contributed by atoms with Crippen molar-refractivity contribution < 1.29 is 9.53 Å². The smallest absolute Gasteiger partial charge is 0.243 e. The molecule has 1 amide bonds. The first-order valence-corrected chi connectivity index (χ1v) is 8.47. The summed E-state index contributed by atoms with van der Waals surface area (Å²) in [7, 11) is 3.49. The van der Waals surface area contributed by atoms with Crippen LogP contribution in [0, 0.1) is 0 Å². The summed E-state index contributed by atoms with van der Waals surface area (Å²) in [6, 6.07) is 0. The molecule has 23 heavy (non-hydrogen) atoms. The number of carbonyl (C=O) groups is 1. The zero-order valence-corrected chi connectivity index (χ0v) is 17.1. The number of aliphatic imine (C=N–C) groups is 1. The van der Waals surface area contributed by atoms with E-state index in [0.29, 0.717) is 6.10 Å². The molecule has 0 spiro atoms. The molecule has 0 radical (unpaired) electrons. The summed E-state index contributed by atoms with van der Waals surface area (Å²) < 4.78 is 5.73. The van der Waals surface area contributed by atoms with Crippen LogP contribution < -0.4 is 10.6 Å². The molecular formula is C16H33IN4O2. The van der Waals surface area contributed by atoms with E-state index in [1.165, 1.54) is 12.8 Å². The number of hydrogen-bond donors (Lipinski definition) is 2. The SMILES string of the molecule is CCCCNC(=NCC(=O)N(C)C)NCCC1CCCCO1.I. The van der Waals surface area contributed by atoms with Crippen LogP contribution >= 0.6 is 24.0 Å². The van der Waals surface area contributed by atoms with Crippen LogP contribution in [-0.2, 0) is 9.53 Å². The lowest BCUT2D eigenvalue weighted by molar-refractivity contribution is -0.127. The molecule has 1 unspecified atom stereocenters. The van der Waals surface area contributed by atoms with Crippen molar-refractivity contribution >= 4 is 35.8 Å². The lowest BCUT2D eigenvalue weighted by atomic mass is 10.1. The molecule has 1 saturated heterocycles. The van der Waals surface area contributed by atoms with Crippen LogP contribution in [0.3, 0.4) is 0 Å². The number of unbranched alkanes of at least 4 members (excludes halogenated alkanes) is 1. The average molecular weight is 440 g/mol. The van der Waals surface area contributed by atoms with E-state index in [1.54, 1.807) is 19.0 Å². The molecule has 1 heterocycles. The Balaban J connectivity index is 0.00000484. The van der Waals surface area contributed by atoms with Gasteiger partial charge < -0.3 is 20.3 Å². The highest BCUT2D eigenvalue weighted by Gasteiger charge is 2.13. The van der Waals surface area contributed by atoms with Crippen molar-refractivity contribution in [2.75, 3.05) is 40.3 Å². The monoisotopic (exact) mass is 440 g/mol. The lowest BCUT2D eigenvalue weighted by Crippen LogP contribution is -2.40. The van der Waals surface area contributed by atoms with Gasteiger partial charge in [0.25, 0.3) is 0 Å². The first-order chi connectivity index (χ1) is 10.6. The molecule has 0 bridgehead atoms. The van der Waals surface area contributed by atoms with Crippen LogP contribution in [0.5, 0.6) is 0 Å². The standard InChI is InChI=1S/C16H32N4O2.HI/c1-4-5-10-17-16(19-13-15(21)20(2)3)18-11-9-14-8-6-7-12-22-14;/h14H,4-13H2,1-3H3,(H2,17,18,19);1H. The topological polar surface area (TPSA) is 66.0 Å². The van der Waals surface area contributed by atoms with E-state index in [2.05, 4.69) is 22.5 Å². The second kappa shape index (κ2) is 13.8. The van der Waals surface area contributed by atoms with Crippen molar-refractivity contribution in [3.05, 3.63) is 0 Å². The summed E-state index contributed by atoms with van der Waals surface area (Å²) >= 11 is 0. The van der Waals surface area contributed by atoms with Crippen LogP contribution in [0.1, 0.15) is 45.4 Å². The third-order valence-electron chi connectivity index (χ3n) is 3.73. The van der Waals surface area contributed by atoms with Gasteiger partial charge in [-0.25, -0.2) is 4.99 Å². The summed E-state index contributed by atoms with van der Waals surface area (Å²) in [4.78, 5) is 17.6. The predicted octanol–water partition coefficient (Wildman–Crippen LogP) is 1.99. The third-order valence-corrected chi connectivity index (χ3v) is 3.73. The second-order valence-corrected chi connectivity index (χ2v) is 5.94. The van der Waals surface area contributed by atoms with Gasteiger partial charge in [0.15, 0.2) is 5.96 Å². The van der Waals surface area contributed by atoms with Gasteiger partial charge in [0.2, 0.25) is 5.91 Å². The average Bonchev–Trinajstić information content (AvgIpc) is 2.52. The maximum Gasteiger partial charge on any atom is 0.243 e. The molecular weight excluding hydrogens is 407 g/mol. The van der Waals surface area contributed by atoms with Crippen molar-refractivity contribution in [3.8, 4) is 0 Å². The Morgan fingerprint density at radius 1 is 1.26 bits per heavy atom. The van der Waals surface area contributed by atoms with Gasteiger partial charge in [-0.05, 0) is 32.1 Å². The van der Waals surface area contributed by atoms with E-state index in [-0.39, 0.29) is 36.4 Å². The van der Waals surface area contributed by atoms with Gasteiger partial charge in [-0.2, -0.15) is 0 Å². The summed E-state index contributed by atoms with van der Waals surface area (Å²) in [5, 5.41) is 6.59. The fourth-order valence-corrected chi connectivity index (χ4v) is 2.23. The van der Waals surface area contributed by atoms with E-state index in [9.17, 15) is 4.79 Å². The fraction of sp³-hybridized carbons (Fsp3) is 0.875. The zero-order chi connectivity index (χ0) is 16.2. The minimum Gasteiger partial charge on any atom is -0.378 e. The molecule has 6 nitrogen and oxygen atoms in total. The van der Waals surface area contributed by atoms with Crippen LogP contribution in [0.25, 0.3) is 0 Å². The Kier molecular flexibility index (Phi) is 13.5. The highest BCUT2D eigenvalue weighted by Crippen LogP contribution is 2.14. The quantitative estimate of drug-likeness (QED) is 0.262. The third kappa shape index (κ3) is 10.8. The molecule has 1 rings (SSSR count). The molecule has 136 valence electrons. The molecule has 0 saturated carbocycles. The molecule has 1 fully saturated rings. The van der Waals surface area contributed by atoms with E-state index in [0.717, 1.165) is 51.3 Å². The predicted molar refractivity (Wildman–Crippen MR) is 106 cm³/mol. The number of guanidine groups is 1. The minimum atomic E-state index is 0. The van der Waals surface area contributed by atoms with Crippen LogP contribution in [-0.4, -0.2) is 63.2 Å². The first-order valence-electron chi connectivity index (χ1n) is 8.47. The van der Waals surface area contributed by atoms with Gasteiger partial charge in [0.1, 0.15) is 6.54 Å². The number of amides is 1. The number of likely N-dealkylation sites (N-methyl/N-ethyl adjacent to an activating group) is 1. The Labute approximate surface area is 157 Å². The Morgan fingerprint density at radius 3 is 2.61 bits per heavy atom. The maximum absolute atomic E-state index is 11.6. The lowest BCUT2D eigenvalue weighted by Gasteiger charge is -2.23.